The number of aromatic nitrogens is 5. The molecule has 0 radical (unpaired) electrons. The van der Waals surface area contributed by atoms with E-state index in [1.54, 1.807) is 9.80 Å². The largest absolute Gasteiger partial charge is 0.416 e. The van der Waals surface area contributed by atoms with E-state index in [0.29, 0.717) is 48.4 Å². The summed E-state index contributed by atoms with van der Waals surface area (Å²) in [5, 5.41) is 5.62. The highest BCUT2D eigenvalue weighted by molar-refractivity contribution is 5.95. The second-order valence-corrected chi connectivity index (χ2v) is 15.5. The molecule has 1 aromatic carbocycles. The van der Waals surface area contributed by atoms with Gasteiger partial charge in [-0.15, -0.1) is 0 Å². The Kier molecular flexibility index (Phi) is 10.9. The molecule has 0 unspecified atom stereocenters. The first-order chi connectivity index (χ1) is 25.4. The Hall–Kier alpha value is -4.43. The van der Waals surface area contributed by atoms with Gasteiger partial charge in [0.1, 0.15) is 5.82 Å². The highest BCUT2D eigenvalue weighted by atomic mass is 19.4. The summed E-state index contributed by atoms with van der Waals surface area (Å²) in [5.41, 5.74) is -0.718. The van der Waals surface area contributed by atoms with Crippen LogP contribution in [0.1, 0.15) is 101 Å². The van der Waals surface area contributed by atoms with Crippen molar-refractivity contribution in [3.05, 3.63) is 64.6 Å². The molecular weight excluding hydrogens is 710 g/mol. The van der Waals surface area contributed by atoms with E-state index in [1.165, 1.54) is 12.4 Å². The molecule has 0 spiro atoms. The van der Waals surface area contributed by atoms with Gasteiger partial charge in [0.2, 0.25) is 11.9 Å². The van der Waals surface area contributed by atoms with Crippen LogP contribution in [0.4, 0.5) is 43.8 Å². The van der Waals surface area contributed by atoms with Crippen LogP contribution in [0.15, 0.2) is 36.7 Å². The fourth-order valence-corrected chi connectivity index (χ4v) is 6.82. The minimum absolute atomic E-state index is 0.0316. The number of hydrogen-bond acceptors (Lipinski definition) is 7. The predicted octanol–water partition coefficient (Wildman–Crippen LogP) is 9.31. The van der Waals surface area contributed by atoms with Gasteiger partial charge in [-0.25, -0.2) is 19.6 Å². The Labute approximate surface area is 311 Å². The first kappa shape index (κ1) is 39.3. The van der Waals surface area contributed by atoms with Gasteiger partial charge in [0.05, 0.1) is 40.4 Å². The van der Waals surface area contributed by atoms with Gasteiger partial charge >= 0.3 is 12.4 Å². The molecule has 1 saturated heterocycles. The summed E-state index contributed by atoms with van der Waals surface area (Å²) in [7, 11) is 0. The van der Waals surface area contributed by atoms with Crippen LogP contribution in [0, 0.1) is 18.8 Å². The van der Waals surface area contributed by atoms with Gasteiger partial charge in [0.25, 0.3) is 0 Å². The number of aryl methyl sites for hydroxylation is 1. The fraction of sp³-hybridized carbons (Fsp3) is 0.564. The zero-order chi connectivity index (χ0) is 39.2. The highest BCUT2D eigenvalue weighted by Gasteiger charge is 2.38. The van der Waals surface area contributed by atoms with E-state index >= 15 is 0 Å². The normalized spacial score (nSPS) is 16.5. The third kappa shape index (κ3) is 8.92. The van der Waals surface area contributed by atoms with Gasteiger partial charge in [-0.05, 0) is 101 Å². The molecular formula is C39H48F6N8O. The van der Waals surface area contributed by atoms with Gasteiger partial charge in [-0.2, -0.15) is 31.4 Å². The van der Waals surface area contributed by atoms with E-state index in [4.69, 9.17) is 10.1 Å². The van der Waals surface area contributed by atoms with E-state index in [9.17, 15) is 31.1 Å². The van der Waals surface area contributed by atoms with Gasteiger partial charge in [0.15, 0.2) is 5.65 Å². The second-order valence-electron chi connectivity index (χ2n) is 15.5. The van der Waals surface area contributed by atoms with Crippen LogP contribution in [0.2, 0.25) is 0 Å². The number of amides is 1. The van der Waals surface area contributed by atoms with Crippen molar-refractivity contribution in [1.82, 2.24) is 24.7 Å². The number of hydrogen-bond donors (Lipinski definition) is 0. The van der Waals surface area contributed by atoms with E-state index in [0.717, 1.165) is 67.5 Å². The van der Waals surface area contributed by atoms with Crippen LogP contribution in [0.3, 0.4) is 0 Å². The molecule has 7 rings (SSSR count). The van der Waals surface area contributed by atoms with Crippen LogP contribution in [0.25, 0.3) is 11.0 Å². The van der Waals surface area contributed by atoms with Gasteiger partial charge in [0, 0.05) is 50.1 Å². The van der Waals surface area contributed by atoms with Crippen molar-refractivity contribution in [1.29, 1.82) is 0 Å². The Bertz CT molecular complexity index is 1910. The van der Waals surface area contributed by atoms with Crippen LogP contribution >= 0.6 is 0 Å². The van der Waals surface area contributed by atoms with E-state index in [1.807, 2.05) is 52.3 Å². The number of carbonyl (C=O) groups is 1. The Morgan fingerprint density at radius 2 is 1.39 bits per heavy atom. The van der Waals surface area contributed by atoms with Crippen molar-refractivity contribution in [2.75, 3.05) is 34.3 Å². The van der Waals surface area contributed by atoms with Crippen LogP contribution in [-0.4, -0.2) is 50.3 Å². The predicted molar refractivity (Wildman–Crippen MR) is 196 cm³/mol. The molecule has 2 saturated carbocycles. The third-order valence-electron chi connectivity index (χ3n) is 9.86. The standard InChI is InChI=1S/C37H42F6N8O.C2H6/c1-22-30-14-26(32(46-33(30)51(47-22)35(2,3)4)48(18-23-7-8-23)19-24-9-10-24)21-49(34-44-16-29(17-45-34)50-11-5-6-31(50)52)20-25-12-27(36(38,39)40)15-28(13-25)37(41,42)43;1-2/h12-17,23-24H,5-11,18-21H2,1-4H3;1-2H3. The van der Waals surface area contributed by atoms with Crippen molar-refractivity contribution in [3.8, 4) is 0 Å². The zero-order valence-electron chi connectivity index (χ0n) is 31.7. The van der Waals surface area contributed by atoms with E-state index < -0.39 is 23.5 Å². The maximum absolute atomic E-state index is 13.9. The molecule has 9 nitrogen and oxygen atoms in total. The monoisotopic (exact) mass is 758 g/mol. The SMILES string of the molecule is CC.Cc1nn(C(C)(C)C)c2nc(N(CC3CC3)CC3CC3)c(CN(Cc3cc(C(F)(F)F)cc(C(F)(F)F)c3)c3ncc(N4CCCC4=O)cn3)cc12. The van der Waals surface area contributed by atoms with Crippen LogP contribution in [0.5, 0.6) is 0 Å². The maximum Gasteiger partial charge on any atom is 0.416 e. The summed E-state index contributed by atoms with van der Waals surface area (Å²) in [4.78, 5) is 32.2. The summed E-state index contributed by atoms with van der Waals surface area (Å²) in [6.45, 7) is 13.8. The van der Waals surface area contributed by atoms with Crippen LogP contribution in [-0.2, 0) is 35.8 Å². The lowest BCUT2D eigenvalue weighted by atomic mass is 10.0. The molecule has 4 aromatic rings. The minimum atomic E-state index is -5.00. The molecule has 3 fully saturated rings. The van der Waals surface area contributed by atoms with Crippen molar-refractivity contribution >= 4 is 34.4 Å². The first-order valence-electron chi connectivity index (χ1n) is 18.7. The maximum atomic E-state index is 13.9. The zero-order valence-corrected chi connectivity index (χ0v) is 31.7. The molecule has 292 valence electrons. The summed E-state index contributed by atoms with van der Waals surface area (Å²) >= 11 is 0. The molecule has 2 aliphatic carbocycles. The smallest absolute Gasteiger partial charge is 0.356 e. The van der Waals surface area contributed by atoms with Gasteiger partial charge in [-0.3, -0.25) is 4.79 Å². The topological polar surface area (TPSA) is 83.3 Å². The lowest BCUT2D eigenvalue weighted by molar-refractivity contribution is -0.143. The summed E-state index contributed by atoms with van der Waals surface area (Å²) < 4.78 is 85.5. The molecule has 3 aliphatic rings. The molecule has 0 atom stereocenters. The number of halogens is 6. The Morgan fingerprint density at radius 3 is 1.87 bits per heavy atom. The number of fused-ring (bicyclic) bond motifs is 1. The highest BCUT2D eigenvalue weighted by Crippen LogP contribution is 2.40. The lowest BCUT2D eigenvalue weighted by Crippen LogP contribution is -2.32. The van der Waals surface area contributed by atoms with Crippen molar-refractivity contribution in [2.24, 2.45) is 11.8 Å². The van der Waals surface area contributed by atoms with Crippen molar-refractivity contribution < 1.29 is 31.1 Å². The molecule has 4 heterocycles. The minimum Gasteiger partial charge on any atom is -0.356 e. The van der Waals surface area contributed by atoms with Gasteiger partial charge in [-0.1, -0.05) is 13.8 Å². The molecule has 54 heavy (non-hydrogen) atoms. The quantitative estimate of drug-likeness (QED) is 0.141. The Balaban J connectivity index is 0.00000245. The molecule has 1 aliphatic heterocycles. The molecule has 0 bridgehead atoms. The summed E-state index contributed by atoms with van der Waals surface area (Å²) in [6, 6.07) is 3.61. The summed E-state index contributed by atoms with van der Waals surface area (Å²) in [5.74, 6) is 1.76. The van der Waals surface area contributed by atoms with Gasteiger partial charge < -0.3 is 14.7 Å². The molecule has 0 N–H and O–H groups in total. The number of pyridine rings is 1. The second kappa shape index (κ2) is 15.0. The average Bonchev–Trinajstić information content (AvgIpc) is 4.04. The molecule has 1 amide bonds. The lowest BCUT2D eigenvalue weighted by Gasteiger charge is -2.30. The molecule has 15 heteroatoms. The Morgan fingerprint density at radius 1 is 0.815 bits per heavy atom. The van der Waals surface area contributed by atoms with Crippen LogP contribution < -0.4 is 14.7 Å². The number of benzene rings is 1. The number of alkyl halides is 6. The number of anilines is 3. The van der Waals surface area contributed by atoms with E-state index in [2.05, 4.69) is 14.9 Å². The van der Waals surface area contributed by atoms with Crippen molar-refractivity contribution in [2.45, 2.75) is 111 Å². The summed E-state index contributed by atoms with van der Waals surface area (Å²) in [6.07, 6.45) is -1.53. The number of carbonyl (C=O) groups excluding carboxylic acids is 1. The number of nitrogens with zero attached hydrogens (tertiary/aromatic N) is 8. The molecule has 3 aromatic heterocycles. The number of rotatable bonds is 11. The first-order valence-corrected chi connectivity index (χ1v) is 18.7. The third-order valence-corrected chi connectivity index (χ3v) is 9.86. The van der Waals surface area contributed by atoms with Crippen molar-refractivity contribution in [3.63, 3.8) is 0 Å². The average molecular weight is 759 g/mol. The fourth-order valence-electron chi connectivity index (χ4n) is 6.82. The van der Waals surface area contributed by atoms with E-state index in [-0.39, 0.29) is 42.1 Å².